The number of hydrogen-bond acceptors (Lipinski definition) is 5. The molecule has 3 heterocycles. The summed E-state index contributed by atoms with van der Waals surface area (Å²) in [5.41, 5.74) is 1.47. The first-order valence-corrected chi connectivity index (χ1v) is 8.17. The second-order valence-corrected chi connectivity index (χ2v) is 6.40. The van der Waals surface area contributed by atoms with Crippen molar-refractivity contribution < 1.29 is 14.7 Å². The fourth-order valence-electron chi connectivity index (χ4n) is 3.02. The highest BCUT2D eigenvalue weighted by molar-refractivity contribution is 6.30. The maximum absolute atomic E-state index is 11.4. The normalized spacial score (nSPS) is 16.9. The van der Waals surface area contributed by atoms with E-state index in [0.29, 0.717) is 29.6 Å². The first-order valence-electron chi connectivity index (χ1n) is 7.79. The molecule has 2 aromatic heterocycles. The van der Waals surface area contributed by atoms with Crippen molar-refractivity contribution in [3.05, 3.63) is 23.5 Å². The molecular formula is C16H18ClN5O3. The number of hydrogen-bond donors (Lipinski definition) is 2. The lowest BCUT2D eigenvalue weighted by molar-refractivity contribution is -0.114. The van der Waals surface area contributed by atoms with Crippen LogP contribution in [0.15, 0.2) is 18.3 Å². The molecule has 2 N–H and O–H groups in total. The molecule has 1 unspecified atom stereocenters. The second kappa shape index (κ2) is 6.72. The van der Waals surface area contributed by atoms with Crippen molar-refractivity contribution in [1.82, 2.24) is 14.9 Å². The third kappa shape index (κ3) is 3.58. The number of carbonyl (C=O) groups is 2. The first kappa shape index (κ1) is 17.2. The van der Waals surface area contributed by atoms with Gasteiger partial charge in [0, 0.05) is 50.8 Å². The van der Waals surface area contributed by atoms with Gasteiger partial charge >= 0.3 is 6.09 Å². The third-order valence-corrected chi connectivity index (χ3v) is 4.50. The quantitative estimate of drug-likeness (QED) is 0.812. The van der Waals surface area contributed by atoms with Gasteiger partial charge in [0.2, 0.25) is 5.91 Å². The van der Waals surface area contributed by atoms with Gasteiger partial charge in [0.15, 0.2) is 0 Å². The largest absolute Gasteiger partial charge is 0.465 e. The van der Waals surface area contributed by atoms with Crippen LogP contribution >= 0.6 is 11.6 Å². The molecule has 2 aromatic rings. The van der Waals surface area contributed by atoms with E-state index in [-0.39, 0.29) is 11.9 Å². The molecule has 8 nitrogen and oxygen atoms in total. The van der Waals surface area contributed by atoms with Gasteiger partial charge in [-0.3, -0.25) is 4.79 Å². The van der Waals surface area contributed by atoms with Crippen LogP contribution < -0.4 is 10.2 Å². The molecule has 9 heteroatoms. The van der Waals surface area contributed by atoms with E-state index in [9.17, 15) is 14.7 Å². The van der Waals surface area contributed by atoms with Crippen molar-refractivity contribution in [2.75, 3.05) is 30.4 Å². The predicted molar refractivity (Wildman–Crippen MR) is 95.3 cm³/mol. The Morgan fingerprint density at radius 1 is 1.44 bits per heavy atom. The van der Waals surface area contributed by atoms with Gasteiger partial charge in [0.05, 0.1) is 17.2 Å². The van der Waals surface area contributed by atoms with Crippen molar-refractivity contribution in [2.24, 2.45) is 0 Å². The summed E-state index contributed by atoms with van der Waals surface area (Å²) in [7, 11) is 1.57. The Kier molecular flexibility index (Phi) is 4.63. The van der Waals surface area contributed by atoms with E-state index in [0.717, 1.165) is 17.5 Å². The maximum Gasteiger partial charge on any atom is 0.407 e. The van der Waals surface area contributed by atoms with Gasteiger partial charge in [-0.25, -0.2) is 14.8 Å². The zero-order valence-corrected chi connectivity index (χ0v) is 14.6. The molecule has 0 saturated carbocycles. The fourth-order valence-corrected chi connectivity index (χ4v) is 3.17. The molecular weight excluding hydrogens is 346 g/mol. The smallest absolute Gasteiger partial charge is 0.407 e. The Morgan fingerprint density at radius 3 is 2.88 bits per heavy atom. The molecule has 0 bridgehead atoms. The number of pyridine rings is 2. The predicted octanol–water partition coefficient (Wildman–Crippen LogP) is 2.43. The van der Waals surface area contributed by atoms with Crippen LogP contribution in [0.3, 0.4) is 0 Å². The molecule has 1 aliphatic rings. The number of rotatable bonds is 3. The number of carbonyl (C=O) groups excluding carboxylic acids is 1. The second-order valence-electron chi connectivity index (χ2n) is 6.01. The summed E-state index contributed by atoms with van der Waals surface area (Å²) in [6.45, 7) is 2.67. The molecule has 1 fully saturated rings. The van der Waals surface area contributed by atoms with Crippen LogP contribution in [0.4, 0.5) is 16.3 Å². The summed E-state index contributed by atoms with van der Waals surface area (Å²) in [6, 6.07) is 3.33. The molecule has 0 spiro atoms. The van der Waals surface area contributed by atoms with E-state index >= 15 is 0 Å². The van der Waals surface area contributed by atoms with E-state index in [4.69, 9.17) is 11.6 Å². The van der Waals surface area contributed by atoms with Gasteiger partial charge in [-0.05, 0) is 6.42 Å². The van der Waals surface area contributed by atoms with Crippen molar-refractivity contribution in [3.63, 3.8) is 0 Å². The Balaban J connectivity index is 2.00. The molecule has 25 heavy (non-hydrogen) atoms. The van der Waals surface area contributed by atoms with E-state index in [1.807, 2.05) is 0 Å². The lowest BCUT2D eigenvalue weighted by atomic mass is 10.2. The number of amides is 2. The van der Waals surface area contributed by atoms with Gasteiger partial charge in [0.1, 0.15) is 11.0 Å². The van der Waals surface area contributed by atoms with Crippen LogP contribution in [0.2, 0.25) is 5.15 Å². The molecule has 0 aromatic carbocycles. The highest BCUT2D eigenvalue weighted by Gasteiger charge is 2.29. The summed E-state index contributed by atoms with van der Waals surface area (Å²) in [5, 5.41) is 13.0. The highest BCUT2D eigenvalue weighted by Crippen LogP contribution is 2.32. The Bertz CT molecular complexity index is 844. The van der Waals surface area contributed by atoms with Crippen LogP contribution in [0.5, 0.6) is 0 Å². The molecule has 2 amide bonds. The average molecular weight is 364 g/mol. The Labute approximate surface area is 149 Å². The zero-order valence-electron chi connectivity index (χ0n) is 13.9. The van der Waals surface area contributed by atoms with Crippen LogP contribution in [0.25, 0.3) is 10.9 Å². The van der Waals surface area contributed by atoms with Crippen LogP contribution in [-0.4, -0.2) is 58.2 Å². The van der Waals surface area contributed by atoms with Crippen LogP contribution in [0, 0.1) is 0 Å². The number of aromatic nitrogens is 2. The topological polar surface area (TPSA) is 98.7 Å². The highest BCUT2D eigenvalue weighted by atomic mass is 35.5. The van der Waals surface area contributed by atoms with Crippen molar-refractivity contribution in [1.29, 1.82) is 0 Å². The molecule has 1 saturated heterocycles. The van der Waals surface area contributed by atoms with Gasteiger partial charge in [0.25, 0.3) is 0 Å². The summed E-state index contributed by atoms with van der Waals surface area (Å²) in [5.74, 6) is 0.204. The lowest BCUT2D eigenvalue weighted by Gasteiger charge is -2.24. The SMILES string of the molecule is CC(=O)Nc1cc(N2CCC(N(C)C(=O)O)C2)c2cnc(Cl)cc2n1. The van der Waals surface area contributed by atoms with E-state index in [1.54, 1.807) is 25.4 Å². The molecule has 3 rings (SSSR count). The van der Waals surface area contributed by atoms with Crippen molar-refractivity contribution in [3.8, 4) is 0 Å². The number of carboxylic acid groups (broad SMARTS) is 1. The summed E-state index contributed by atoms with van der Waals surface area (Å²) in [4.78, 5) is 34.5. The van der Waals surface area contributed by atoms with Gasteiger partial charge < -0.3 is 20.2 Å². The number of anilines is 2. The standard InChI is InChI=1S/C16H18ClN5O3/c1-9(23)19-15-6-13(11-7-18-14(17)5-12(11)20-15)22-4-3-10(8-22)21(2)16(24)25/h5-7,10H,3-4,8H2,1-2H3,(H,24,25)(H,19,20,23). The summed E-state index contributed by atoms with van der Waals surface area (Å²) < 4.78 is 0. The Morgan fingerprint density at radius 2 is 2.20 bits per heavy atom. The van der Waals surface area contributed by atoms with E-state index < -0.39 is 6.09 Å². The summed E-state index contributed by atoms with van der Waals surface area (Å²) >= 11 is 5.96. The zero-order chi connectivity index (χ0) is 18.1. The number of likely N-dealkylation sites (N-methyl/N-ethyl adjacent to an activating group) is 1. The van der Waals surface area contributed by atoms with Gasteiger partial charge in [-0.1, -0.05) is 11.6 Å². The average Bonchev–Trinajstić information content (AvgIpc) is 3.01. The number of nitrogens with zero attached hydrogens (tertiary/aromatic N) is 4. The minimum absolute atomic E-state index is 0.0924. The maximum atomic E-state index is 11.4. The number of fused-ring (bicyclic) bond motifs is 1. The van der Waals surface area contributed by atoms with Crippen molar-refractivity contribution in [2.45, 2.75) is 19.4 Å². The molecule has 0 aliphatic carbocycles. The number of nitrogens with one attached hydrogen (secondary N) is 1. The monoisotopic (exact) mass is 363 g/mol. The summed E-state index contributed by atoms with van der Waals surface area (Å²) in [6.07, 6.45) is 1.42. The lowest BCUT2D eigenvalue weighted by Crippen LogP contribution is -2.38. The van der Waals surface area contributed by atoms with Crippen molar-refractivity contribution >= 4 is 46.0 Å². The first-order chi connectivity index (χ1) is 11.8. The van der Waals surface area contributed by atoms with E-state index in [1.165, 1.54) is 11.8 Å². The number of halogens is 1. The molecule has 132 valence electrons. The van der Waals surface area contributed by atoms with Crippen LogP contribution in [0.1, 0.15) is 13.3 Å². The van der Waals surface area contributed by atoms with Gasteiger partial charge in [-0.2, -0.15) is 0 Å². The molecule has 1 atom stereocenters. The van der Waals surface area contributed by atoms with E-state index in [2.05, 4.69) is 20.2 Å². The minimum Gasteiger partial charge on any atom is -0.465 e. The molecule has 0 radical (unpaired) electrons. The Hall–Kier alpha value is -2.61. The van der Waals surface area contributed by atoms with Crippen LogP contribution in [-0.2, 0) is 4.79 Å². The minimum atomic E-state index is -0.946. The van der Waals surface area contributed by atoms with Gasteiger partial charge in [-0.15, -0.1) is 0 Å². The molecule has 1 aliphatic heterocycles. The fraction of sp³-hybridized carbons (Fsp3) is 0.375. The third-order valence-electron chi connectivity index (χ3n) is 4.30.